The highest BCUT2D eigenvalue weighted by molar-refractivity contribution is 5.91. The van der Waals surface area contributed by atoms with Gasteiger partial charge in [-0.3, -0.25) is 4.90 Å². The minimum atomic E-state index is -1.08. The molecule has 5 aliphatic rings. The van der Waals surface area contributed by atoms with E-state index in [1.807, 2.05) is 24.3 Å². The Bertz CT molecular complexity index is 1160. The Labute approximate surface area is 199 Å². The molecule has 3 aliphatic carbocycles. The van der Waals surface area contributed by atoms with E-state index in [0.29, 0.717) is 17.9 Å². The minimum absolute atomic E-state index is 0.0391. The molecule has 0 radical (unpaired) electrons. The Hall–Kier alpha value is -2.57. The zero-order valence-electron chi connectivity index (χ0n) is 19.4. The van der Waals surface area contributed by atoms with Gasteiger partial charge in [-0.25, -0.2) is 0 Å². The number of hydrogen-bond acceptors (Lipinski definition) is 6. The fourth-order valence-corrected chi connectivity index (χ4v) is 7.82. The van der Waals surface area contributed by atoms with Gasteiger partial charge in [0.25, 0.3) is 0 Å². The molecule has 2 heterocycles. The van der Waals surface area contributed by atoms with Crippen LogP contribution in [0.5, 0.6) is 11.5 Å². The lowest BCUT2D eigenvalue weighted by molar-refractivity contribution is -0.175. The summed E-state index contributed by atoms with van der Waals surface area (Å²) in [6, 6.07) is 14.1. The zero-order valence-corrected chi connectivity index (χ0v) is 19.4. The van der Waals surface area contributed by atoms with Gasteiger partial charge in [0, 0.05) is 30.5 Å². The molecule has 178 valence electrons. The summed E-state index contributed by atoms with van der Waals surface area (Å²) in [4.78, 5) is 2.49. The van der Waals surface area contributed by atoms with Crippen molar-refractivity contribution in [2.75, 3.05) is 13.1 Å². The minimum Gasteiger partial charge on any atom is -0.504 e. The van der Waals surface area contributed by atoms with E-state index < -0.39 is 11.0 Å². The van der Waals surface area contributed by atoms with Gasteiger partial charge in [0.1, 0.15) is 6.10 Å². The van der Waals surface area contributed by atoms with Crippen molar-refractivity contribution in [1.29, 1.82) is 0 Å². The normalized spacial score (nSPS) is 36.9. The van der Waals surface area contributed by atoms with E-state index in [-0.39, 0.29) is 23.8 Å². The van der Waals surface area contributed by atoms with Gasteiger partial charge in [0.05, 0.1) is 16.7 Å². The van der Waals surface area contributed by atoms with Crippen LogP contribution in [0.25, 0.3) is 0 Å². The maximum atomic E-state index is 12.6. The van der Waals surface area contributed by atoms with Gasteiger partial charge in [-0.2, -0.15) is 0 Å². The lowest BCUT2D eigenvalue weighted by Crippen LogP contribution is -2.77. The fourth-order valence-electron chi connectivity index (χ4n) is 7.82. The number of benzene rings is 2. The van der Waals surface area contributed by atoms with E-state index in [2.05, 4.69) is 22.2 Å². The highest BCUT2D eigenvalue weighted by Gasteiger charge is 2.74. The van der Waals surface area contributed by atoms with E-state index in [9.17, 15) is 15.4 Å². The van der Waals surface area contributed by atoms with Crippen LogP contribution in [0.1, 0.15) is 48.8 Å². The molecule has 1 saturated heterocycles. The molecule has 1 spiro atoms. The van der Waals surface area contributed by atoms with Crippen LogP contribution in [-0.4, -0.2) is 56.9 Å². The smallest absolute Gasteiger partial charge is 0.165 e. The molecule has 3 N–H and O–H groups in total. The summed E-state index contributed by atoms with van der Waals surface area (Å²) in [6.45, 7) is 1.95. The number of phenolic OH excluding ortho intramolecular Hbond substituents is 1. The molecule has 2 aromatic rings. The highest BCUT2D eigenvalue weighted by Crippen LogP contribution is 2.66. The molecule has 34 heavy (non-hydrogen) atoms. The monoisotopic (exact) mass is 460 g/mol. The number of phenols is 1. The van der Waals surface area contributed by atoms with Crippen molar-refractivity contribution in [1.82, 2.24) is 4.90 Å². The second-order valence-electron chi connectivity index (χ2n) is 11.2. The standard InChI is InChI=1S/C28H32N2O4/c31-22-11-9-19-14-23-28(32)15-21(29-33)20(10-8-17-4-2-1-3-5-17)26-27(28,24(19)25(22)34-26)12-13-30(23)16-18-6-7-18/h1-5,9,11,18,20,23,26,31-33H,6-8,10,12-16H2/t20?,23-,26+,27+,28-/m1/s1. The lowest BCUT2D eigenvalue weighted by Gasteiger charge is -2.64. The Morgan fingerprint density at radius 2 is 1.94 bits per heavy atom. The predicted octanol–water partition coefficient (Wildman–Crippen LogP) is 3.65. The first-order valence-electron chi connectivity index (χ1n) is 12.8. The third kappa shape index (κ3) is 2.67. The summed E-state index contributed by atoms with van der Waals surface area (Å²) in [7, 11) is 0. The Balaban J connectivity index is 1.34. The van der Waals surface area contributed by atoms with Crippen molar-refractivity contribution >= 4 is 5.71 Å². The molecule has 0 aromatic heterocycles. The van der Waals surface area contributed by atoms with Crippen molar-refractivity contribution in [2.45, 2.75) is 68.1 Å². The van der Waals surface area contributed by atoms with Gasteiger partial charge < -0.3 is 20.2 Å². The first-order valence-corrected chi connectivity index (χ1v) is 12.8. The number of hydrogen-bond donors (Lipinski definition) is 3. The van der Waals surface area contributed by atoms with Crippen LogP contribution in [0.4, 0.5) is 0 Å². The zero-order chi connectivity index (χ0) is 23.1. The molecule has 1 unspecified atom stereocenters. The molecule has 2 aromatic carbocycles. The molecule has 2 bridgehead atoms. The molecule has 5 atom stereocenters. The van der Waals surface area contributed by atoms with Crippen molar-refractivity contribution in [3.8, 4) is 11.5 Å². The van der Waals surface area contributed by atoms with Crippen LogP contribution in [0.15, 0.2) is 47.6 Å². The van der Waals surface area contributed by atoms with Crippen molar-refractivity contribution < 1.29 is 20.2 Å². The molecule has 2 saturated carbocycles. The average Bonchev–Trinajstić information content (AvgIpc) is 3.59. The second-order valence-corrected chi connectivity index (χ2v) is 11.2. The third-order valence-corrected chi connectivity index (χ3v) is 9.52. The maximum Gasteiger partial charge on any atom is 0.165 e. The second kappa shape index (κ2) is 7.22. The summed E-state index contributed by atoms with van der Waals surface area (Å²) in [5.74, 6) is 1.30. The van der Waals surface area contributed by atoms with Gasteiger partial charge in [-0.1, -0.05) is 41.6 Å². The van der Waals surface area contributed by atoms with E-state index in [1.165, 1.54) is 24.0 Å². The number of aryl methyl sites for hydroxylation is 1. The number of ether oxygens (including phenoxy) is 1. The topological polar surface area (TPSA) is 85.5 Å². The van der Waals surface area contributed by atoms with Gasteiger partial charge in [0.2, 0.25) is 0 Å². The lowest BCUT2D eigenvalue weighted by atomic mass is 9.46. The predicted molar refractivity (Wildman–Crippen MR) is 128 cm³/mol. The summed E-state index contributed by atoms with van der Waals surface area (Å²) < 4.78 is 6.62. The van der Waals surface area contributed by atoms with E-state index in [1.54, 1.807) is 6.07 Å². The van der Waals surface area contributed by atoms with Crippen molar-refractivity contribution in [3.05, 3.63) is 59.2 Å². The molecule has 2 aliphatic heterocycles. The van der Waals surface area contributed by atoms with Gasteiger partial charge in [-0.05, 0) is 68.2 Å². The van der Waals surface area contributed by atoms with Crippen LogP contribution in [-0.2, 0) is 18.3 Å². The average molecular weight is 461 g/mol. The fraction of sp³-hybridized carbons (Fsp3) is 0.536. The van der Waals surface area contributed by atoms with E-state index >= 15 is 0 Å². The Morgan fingerprint density at radius 1 is 1.12 bits per heavy atom. The van der Waals surface area contributed by atoms with Crippen LogP contribution in [0, 0.1) is 11.8 Å². The van der Waals surface area contributed by atoms with Crippen LogP contribution >= 0.6 is 0 Å². The molecule has 6 nitrogen and oxygen atoms in total. The third-order valence-electron chi connectivity index (χ3n) is 9.52. The molecular formula is C28H32N2O4. The molecular weight excluding hydrogens is 428 g/mol. The summed E-state index contributed by atoms with van der Waals surface area (Å²) >= 11 is 0. The van der Waals surface area contributed by atoms with Crippen LogP contribution in [0.2, 0.25) is 0 Å². The maximum absolute atomic E-state index is 12.6. The highest BCUT2D eigenvalue weighted by atomic mass is 16.5. The van der Waals surface area contributed by atoms with Crippen molar-refractivity contribution in [3.63, 3.8) is 0 Å². The number of likely N-dealkylation sites (tertiary alicyclic amines) is 1. The Kier molecular flexibility index (Phi) is 4.41. The molecule has 7 rings (SSSR count). The first kappa shape index (κ1) is 20.8. The van der Waals surface area contributed by atoms with Crippen LogP contribution < -0.4 is 4.74 Å². The van der Waals surface area contributed by atoms with E-state index in [0.717, 1.165) is 50.3 Å². The molecule has 3 fully saturated rings. The number of aliphatic hydroxyl groups is 1. The number of nitrogens with zero attached hydrogens (tertiary/aromatic N) is 2. The van der Waals surface area contributed by atoms with Crippen LogP contribution in [0.3, 0.4) is 0 Å². The quantitative estimate of drug-likeness (QED) is 0.469. The largest absolute Gasteiger partial charge is 0.504 e. The molecule has 0 amide bonds. The van der Waals surface area contributed by atoms with Gasteiger partial charge in [0.15, 0.2) is 11.5 Å². The number of aromatic hydroxyl groups is 1. The SMILES string of the molecule is ON=C1C[C@@]2(O)[C@H]3Cc4ccc(O)c5c4[C@@]2(CCN3CC2CC2)[C@@H](O5)C1CCc1ccccc1. The Morgan fingerprint density at radius 3 is 2.71 bits per heavy atom. The number of rotatable bonds is 5. The first-order chi connectivity index (χ1) is 16.5. The number of oxime groups is 1. The van der Waals surface area contributed by atoms with Gasteiger partial charge >= 0.3 is 0 Å². The van der Waals surface area contributed by atoms with Crippen molar-refractivity contribution in [2.24, 2.45) is 17.0 Å². The summed E-state index contributed by atoms with van der Waals surface area (Å²) in [5, 5.41) is 37.3. The summed E-state index contributed by atoms with van der Waals surface area (Å²) in [5.41, 5.74) is 2.41. The molecule has 6 heteroatoms. The summed E-state index contributed by atoms with van der Waals surface area (Å²) in [6.07, 6.45) is 5.68. The number of piperidine rings is 1. The van der Waals surface area contributed by atoms with Gasteiger partial charge in [-0.15, -0.1) is 0 Å². The van der Waals surface area contributed by atoms with E-state index in [4.69, 9.17) is 4.74 Å².